The van der Waals surface area contributed by atoms with Crippen LogP contribution in [0.15, 0.2) is 97.1 Å². The third kappa shape index (κ3) is 6.20. The first kappa shape index (κ1) is 33.6. The molecule has 50 heavy (non-hydrogen) atoms. The second-order valence-corrected chi connectivity index (χ2v) is 11.4. The van der Waals surface area contributed by atoms with Crippen molar-refractivity contribution >= 4 is 0 Å². The Morgan fingerprint density at radius 3 is 1.04 bits per heavy atom. The van der Waals surface area contributed by atoms with Gasteiger partial charge in [0.25, 0.3) is 0 Å². The fourth-order valence-electron chi connectivity index (χ4n) is 5.79. The van der Waals surface area contributed by atoms with Crippen LogP contribution in [0.3, 0.4) is 0 Å². The highest BCUT2D eigenvalue weighted by molar-refractivity contribution is 5.74. The van der Waals surface area contributed by atoms with E-state index in [1.807, 2.05) is 0 Å². The van der Waals surface area contributed by atoms with Gasteiger partial charge in [-0.25, -0.2) is 35.1 Å². The van der Waals surface area contributed by atoms with E-state index in [2.05, 4.69) is 0 Å². The van der Waals surface area contributed by atoms with Crippen LogP contribution in [0.5, 0.6) is 0 Å². The van der Waals surface area contributed by atoms with E-state index in [-0.39, 0.29) is 44.5 Å². The molecule has 2 nitrogen and oxygen atoms in total. The second-order valence-electron chi connectivity index (χ2n) is 11.4. The Kier molecular flexibility index (Phi) is 8.97. The standard InChI is InChI=1S/C40H20F8N2/c1-20(21-6-8-29(33(43)10-21)27-14-35(45)39(36(46)15-27)23-2-4-25(18-49)31(41)12-23)22-7-9-30(34(44)11-22)28-16-37(47)40(38(48)17-28)24-3-5-26(19-50)32(42)13-24/h2-17,20H,1H3. The summed E-state index contributed by atoms with van der Waals surface area (Å²) in [5.41, 5.74) is -1.69. The van der Waals surface area contributed by atoms with Crippen molar-refractivity contribution in [2.45, 2.75) is 12.8 Å². The van der Waals surface area contributed by atoms with Crippen molar-refractivity contribution in [2.75, 3.05) is 0 Å². The van der Waals surface area contributed by atoms with Gasteiger partial charge in [-0.1, -0.05) is 43.3 Å². The summed E-state index contributed by atoms with van der Waals surface area (Å²) in [6, 6.07) is 21.0. The van der Waals surface area contributed by atoms with E-state index in [9.17, 15) is 8.78 Å². The number of benzene rings is 6. The van der Waals surface area contributed by atoms with Gasteiger partial charge in [-0.05, 0) is 94.0 Å². The summed E-state index contributed by atoms with van der Waals surface area (Å²) in [5, 5.41) is 17.8. The van der Waals surface area contributed by atoms with Gasteiger partial charge in [0.15, 0.2) is 0 Å². The highest BCUT2D eigenvalue weighted by Crippen LogP contribution is 2.37. The summed E-state index contributed by atoms with van der Waals surface area (Å²) in [5.74, 6) is -8.44. The van der Waals surface area contributed by atoms with E-state index in [0.717, 1.165) is 60.7 Å². The summed E-state index contributed by atoms with van der Waals surface area (Å²) < 4.78 is 119. The van der Waals surface area contributed by atoms with Gasteiger partial charge < -0.3 is 0 Å². The highest BCUT2D eigenvalue weighted by atomic mass is 19.2. The molecule has 6 aromatic rings. The average Bonchev–Trinajstić information content (AvgIpc) is 3.07. The molecule has 0 radical (unpaired) electrons. The van der Waals surface area contributed by atoms with E-state index in [1.165, 1.54) is 36.4 Å². The molecule has 10 heteroatoms. The molecule has 0 saturated heterocycles. The molecule has 0 aromatic heterocycles. The van der Waals surface area contributed by atoms with Crippen molar-refractivity contribution in [3.8, 4) is 56.6 Å². The predicted molar refractivity (Wildman–Crippen MR) is 171 cm³/mol. The van der Waals surface area contributed by atoms with Gasteiger partial charge in [0.05, 0.1) is 22.3 Å². The first-order chi connectivity index (χ1) is 23.9. The zero-order chi connectivity index (χ0) is 35.9. The number of halogens is 8. The molecular formula is C40H20F8N2. The van der Waals surface area contributed by atoms with Crippen LogP contribution >= 0.6 is 0 Å². The van der Waals surface area contributed by atoms with E-state index < -0.39 is 63.6 Å². The Balaban J connectivity index is 1.25. The molecule has 246 valence electrons. The summed E-state index contributed by atoms with van der Waals surface area (Å²) in [6.07, 6.45) is 0. The van der Waals surface area contributed by atoms with Gasteiger partial charge >= 0.3 is 0 Å². The minimum atomic E-state index is -1.07. The number of rotatable bonds is 6. The van der Waals surface area contributed by atoms with E-state index in [0.29, 0.717) is 11.1 Å². The molecule has 0 aliphatic carbocycles. The van der Waals surface area contributed by atoms with E-state index in [4.69, 9.17) is 10.5 Å². The van der Waals surface area contributed by atoms with Crippen LogP contribution in [-0.4, -0.2) is 0 Å². The Bertz CT molecular complexity index is 2210. The number of nitrogens with zero attached hydrogens (tertiary/aromatic N) is 2. The fourth-order valence-corrected chi connectivity index (χ4v) is 5.79. The van der Waals surface area contributed by atoms with Gasteiger partial charge in [0.2, 0.25) is 0 Å². The zero-order valence-electron chi connectivity index (χ0n) is 25.7. The van der Waals surface area contributed by atoms with Gasteiger partial charge in [0.1, 0.15) is 58.7 Å². The lowest BCUT2D eigenvalue weighted by Crippen LogP contribution is -2.00. The first-order valence-electron chi connectivity index (χ1n) is 14.9. The Hall–Kier alpha value is -6.26. The van der Waals surface area contributed by atoms with Crippen LogP contribution in [0.2, 0.25) is 0 Å². The molecule has 0 aliphatic heterocycles. The summed E-state index contributed by atoms with van der Waals surface area (Å²) in [7, 11) is 0. The third-order valence-corrected chi connectivity index (χ3v) is 8.45. The molecule has 0 heterocycles. The van der Waals surface area contributed by atoms with Crippen LogP contribution in [-0.2, 0) is 0 Å². The largest absolute Gasteiger partial charge is 0.206 e. The molecule has 0 atom stereocenters. The van der Waals surface area contributed by atoms with Gasteiger partial charge in [-0.2, -0.15) is 10.5 Å². The Morgan fingerprint density at radius 2 is 0.740 bits per heavy atom. The lowest BCUT2D eigenvalue weighted by Gasteiger charge is -2.16. The smallest absolute Gasteiger partial charge is 0.141 e. The average molecular weight is 681 g/mol. The molecule has 6 rings (SSSR count). The van der Waals surface area contributed by atoms with Crippen molar-refractivity contribution in [3.05, 3.63) is 166 Å². The predicted octanol–water partition coefficient (Wildman–Crippen LogP) is 11.4. The quantitative estimate of drug-likeness (QED) is 0.164. The highest BCUT2D eigenvalue weighted by Gasteiger charge is 2.21. The van der Waals surface area contributed by atoms with Crippen molar-refractivity contribution in [2.24, 2.45) is 0 Å². The fraction of sp³-hybridized carbons (Fsp3) is 0.0500. The molecule has 6 aromatic carbocycles. The van der Waals surface area contributed by atoms with Crippen molar-refractivity contribution in [1.82, 2.24) is 0 Å². The minimum absolute atomic E-state index is 0.125. The van der Waals surface area contributed by atoms with Crippen molar-refractivity contribution in [3.63, 3.8) is 0 Å². The Labute approximate surface area is 280 Å². The topological polar surface area (TPSA) is 47.6 Å². The molecular weight excluding hydrogens is 660 g/mol. The molecule has 0 amide bonds. The lowest BCUT2D eigenvalue weighted by molar-refractivity contribution is 0.587. The normalized spacial score (nSPS) is 11.0. The number of nitriles is 2. The maximum atomic E-state index is 15.4. The maximum Gasteiger partial charge on any atom is 0.141 e. The van der Waals surface area contributed by atoms with Gasteiger partial charge in [-0.3, -0.25) is 0 Å². The van der Waals surface area contributed by atoms with Crippen LogP contribution < -0.4 is 0 Å². The molecule has 0 spiro atoms. The number of hydrogen-bond donors (Lipinski definition) is 0. The van der Waals surface area contributed by atoms with Crippen LogP contribution in [0.1, 0.15) is 35.1 Å². The summed E-state index contributed by atoms with van der Waals surface area (Å²) in [6.45, 7) is 1.67. The molecule has 0 fully saturated rings. The maximum absolute atomic E-state index is 15.4. The minimum Gasteiger partial charge on any atom is -0.206 e. The Morgan fingerprint density at radius 1 is 0.400 bits per heavy atom. The van der Waals surface area contributed by atoms with E-state index in [1.54, 1.807) is 19.1 Å². The summed E-state index contributed by atoms with van der Waals surface area (Å²) >= 11 is 0. The van der Waals surface area contributed by atoms with Crippen LogP contribution in [0.4, 0.5) is 35.1 Å². The molecule has 0 unspecified atom stereocenters. The molecule has 0 aliphatic rings. The SMILES string of the molecule is CC(c1ccc(-c2cc(F)c(-c3ccc(C#N)c(F)c3)c(F)c2)c(F)c1)c1ccc(-c2cc(F)c(-c3ccc(C#N)c(F)c3)c(F)c2)c(F)c1. The van der Waals surface area contributed by atoms with Crippen molar-refractivity contribution in [1.29, 1.82) is 10.5 Å². The first-order valence-corrected chi connectivity index (χ1v) is 14.9. The molecule has 0 N–H and O–H groups in total. The monoisotopic (exact) mass is 680 g/mol. The molecule has 0 bridgehead atoms. The third-order valence-electron chi connectivity index (χ3n) is 8.45. The van der Waals surface area contributed by atoms with Crippen molar-refractivity contribution < 1.29 is 35.1 Å². The molecule has 0 saturated carbocycles. The van der Waals surface area contributed by atoms with Crippen LogP contribution in [0.25, 0.3) is 44.5 Å². The van der Waals surface area contributed by atoms with Gasteiger partial charge in [0, 0.05) is 17.0 Å². The second kappa shape index (κ2) is 13.3. The number of hydrogen-bond acceptors (Lipinski definition) is 2. The van der Waals surface area contributed by atoms with E-state index >= 15 is 26.3 Å². The van der Waals surface area contributed by atoms with Crippen LogP contribution in [0, 0.1) is 69.2 Å². The lowest BCUT2D eigenvalue weighted by atomic mass is 9.89. The summed E-state index contributed by atoms with van der Waals surface area (Å²) in [4.78, 5) is 0. The zero-order valence-corrected chi connectivity index (χ0v) is 25.7. The van der Waals surface area contributed by atoms with Gasteiger partial charge in [-0.15, -0.1) is 0 Å².